The molecular formula is C10H16O3. The van der Waals surface area contributed by atoms with E-state index >= 15 is 0 Å². The summed E-state index contributed by atoms with van der Waals surface area (Å²) in [6.45, 7) is 2.16. The molecule has 0 amide bonds. The van der Waals surface area contributed by atoms with Crippen LogP contribution < -0.4 is 0 Å². The van der Waals surface area contributed by atoms with Crippen LogP contribution >= 0.6 is 0 Å². The number of ether oxygens (including phenoxy) is 1. The Kier molecular flexibility index (Phi) is 1.71. The fourth-order valence-electron chi connectivity index (χ4n) is 2.36. The molecule has 2 fully saturated rings. The molecule has 74 valence electrons. The summed E-state index contributed by atoms with van der Waals surface area (Å²) < 4.78 is 4.57. The number of aliphatic hydroxyl groups is 1. The quantitative estimate of drug-likeness (QED) is 0.668. The molecule has 1 unspecified atom stereocenters. The van der Waals surface area contributed by atoms with Gasteiger partial charge < -0.3 is 9.84 Å². The van der Waals surface area contributed by atoms with E-state index in [0.717, 1.165) is 25.7 Å². The number of carbonyl (C=O) groups is 1. The van der Waals surface area contributed by atoms with E-state index in [1.807, 2.05) is 0 Å². The molecule has 2 saturated carbocycles. The molecular weight excluding hydrogens is 168 g/mol. The number of aliphatic hydroxyl groups excluding tert-OH is 1. The van der Waals surface area contributed by atoms with Crippen molar-refractivity contribution < 1.29 is 14.6 Å². The zero-order chi connectivity index (χ0) is 9.69. The van der Waals surface area contributed by atoms with E-state index in [4.69, 9.17) is 0 Å². The lowest BCUT2D eigenvalue weighted by Gasteiger charge is -2.26. The number of esters is 1. The number of rotatable bonds is 3. The highest BCUT2D eigenvalue weighted by Crippen LogP contribution is 2.71. The molecule has 1 N–H and O–H groups in total. The fraction of sp³-hybridized carbons (Fsp3) is 0.900. The van der Waals surface area contributed by atoms with Gasteiger partial charge in [-0.2, -0.15) is 0 Å². The summed E-state index contributed by atoms with van der Waals surface area (Å²) in [5, 5.41) is 9.81. The van der Waals surface area contributed by atoms with Crippen molar-refractivity contribution in [2.45, 2.75) is 38.7 Å². The van der Waals surface area contributed by atoms with Crippen LogP contribution in [0.25, 0.3) is 0 Å². The van der Waals surface area contributed by atoms with Gasteiger partial charge in [0.1, 0.15) is 0 Å². The number of hydrogen-bond donors (Lipinski definition) is 1. The Labute approximate surface area is 78.1 Å². The van der Waals surface area contributed by atoms with Crippen LogP contribution in [0.5, 0.6) is 0 Å². The van der Waals surface area contributed by atoms with Gasteiger partial charge in [0.05, 0.1) is 7.11 Å². The van der Waals surface area contributed by atoms with Crippen molar-refractivity contribution in [3.05, 3.63) is 0 Å². The molecule has 0 bridgehead atoms. The predicted octanol–water partition coefficient (Wildman–Crippen LogP) is 1.10. The highest BCUT2D eigenvalue weighted by molar-refractivity contribution is 5.76. The van der Waals surface area contributed by atoms with Gasteiger partial charge in [0.2, 0.25) is 0 Å². The molecule has 0 heterocycles. The Balaban J connectivity index is 2.11. The van der Waals surface area contributed by atoms with Crippen LogP contribution in [0.15, 0.2) is 0 Å². The van der Waals surface area contributed by atoms with Crippen LogP contribution in [0.4, 0.5) is 0 Å². The third kappa shape index (κ3) is 1.10. The lowest BCUT2D eigenvalue weighted by atomic mass is 9.82. The summed E-state index contributed by atoms with van der Waals surface area (Å²) in [6.07, 6.45) is 3.33. The van der Waals surface area contributed by atoms with Gasteiger partial charge in [0.15, 0.2) is 6.10 Å². The summed E-state index contributed by atoms with van der Waals surface area (Å²) in [4.78, 5) is 11.2. The van der Waals surface area contributed by atoms with Gasteiger partial charge >= 0.3 is 5.97 Å². The molecule has 0 aromatic heterocycles. The summed E-state index contributed by atoms with van der Waals surface area (Å²) in [5.41, 5.74) is 0.0701. The summed E-state index contributed by atoms with van der Waals surface area (Å²) in [7, 11) is 1.33. The first-order valence-corrected chi connectivity index (χ1v) is 4.82. The van der Waals surface area contributed by atoms with Crippen molar-refractivity contribution in [2.24, 2.45) is 10.8 Å². The molecule has 0 aromatic carbocycles. The summed E-state index contributed by atoms with van der Waals surface area (Å²) in [6, 6.07) is 0. The minimum atomic E-state index is -0.898. The molecule has 3 heteroatoms. The van der Waals surface area contributed by atoms with Crippen molar-refractivity contribution in [1.29, 1.82) is 0 Å². The molecule has 1 atom stereocenters. The molecule has 2 rings (SSSR count). The van der Waals surface area contributed by atoms with E-state index in [1.165, 1.54) is 7.11 Å². The maximum Gasteiger partial charge on any atom is 0.335 e. The molecule has 2 aliphatic carbocycles. The van der Waals surface area contributed by atoms with Gasteiger partial charge in [0, 0.05) is 5.41 Å². The van der Waals surface area contributed by atoms with E-state index in [-0.39, 0.29) is 10.8 Å². The maximum atomic E-state index is 11.2. The molecule has 0 aromatic rings. The first kappa shape index (κ1) is 9.00. The highest BCUT2D eigenvalue weighted by Gasteiger charge is 2.67. The third-order valence-electron chi connectivity index (χ3n) is 3.94. The van der Waals surface area contributed by atoms with E-state index in [2.05, 4.69) is 11.7 Å². The first-order valence-electron chi connectivity index (χ1n) is 4.82. The predicted molar refractivity (Wildman–Crippen MR) is 47.0 cm³/mol. The topological polar surface area (TPSA) is 46.5 Å². The number of carbonyl (C=O) groups excluding carboxylic acids is 1. The van der Waals surface area contributed by atoms with Crippen molar-refractivity contribution in [3.63, 3.8) is 0 Å². The molecule has 0 aliphatic heterocycles. The normalized spacial score (nSPS) is 29.2. The zero-order valence-electron chi connectivity index (χ0n) is 8.17. The minimum absolute atomic E-state index is 0.139. The van der Waals surface area contributed by atoms with Crippen molar-refractivity contribution >= 4 is 5.97 Å². The van der Waals surface area contributed by atoms with E-state index in [1.54, 1.807) is 0 Å². The van der Waals surface area contributed by atoms with Gasteiger partial charge in [-0.05, 0) is 31.1 Å². The average Bonchev–Trinajstić information content (AvgIpc) is 2.96. The summed E-state index contributed by atoms with van der Waals surface area (Å²) >= 11 is 0. The van der Waals surface area contributed by atoms with Crippen molar-refractivity contribution in [3.8, 4) is 0 Å². The first-order chi connectivity index (χ1) is 6.06. The van der Waals surface area contributed by atoms with Crippen LogP contribution in [0.3, 0.4) is 0 Å². The maximum absolute atomic E-state index is 11.2. The van der Waals surface area contributed by atoms with Gasteiger partial charge in [-0.25, -0.2) is 4.79 Å². The van der Waals surface area contributed by atoms with Crippen molar-refractivity contribution in [1.82, 2.24) is 0 Å². The zero-order valence-corrected chi connectivity index (χ0v) is 8.17. The minimum Gasteiger partial charge on any atom is -0.467 e. The van der Waals surface area contributed by atoms with Crippen molar-refractivity contribution in [2.75, 3.05) is 7.11 Å². The molecule has 3 nitrogen and oxygen atoms in total. The summed E-state index contributed by atoms with van der Waals surface area (Å²) in [5.74, 6) is -0.467. The Morgan fingerprint density at radius 3 is 2.23 bits per heavy atom. The monoisotopic (exact) mass is 184 g/mol. The molecule has 0 saturated heterocycles. The Morgan fingerprint density at radius 2 is 1.92 bits per heavy atom. The van der Waals surface area contributed by atoms with E-state index in [9.17, 15) is 9.90 Å². The number of hydrogen-bond acceptors (Lipinski definition) is 3. The Morgan fingerprint density at radius 1 is 1.38 bits per heavy atom. The smallest absolute Gasteiger partial charge is 0.335 e. The largest absolute Gasteiger partial charge is 0.467 e. The molecule has 0 spiro atoms. The Hall–Kier alpha value is -0.570. The SMILES string of the molecule is COC(=O)C(O)C1(C2(C)CC2)CC1. The van der Waals surface area contributed by atoms with Gasteiger partial charge in [-0.15, -0.1) is 0 Å². The van der Waals surface area contributed by atoms with E-state index < -0.39 is 12.1 Å². The second-order valence-corrected chi connectivity index (χ2v) is 4.64. The van der Waals surface area contributed by atoms with Crippen LogP contribution in [0.2, 0.25) is 0 Å². The average molecular weight is 184 g/mol. The second-order valence-electron chi connectivity index (χ2n) is 4.64. The van der Waals surface area contributed by atoms with Crippen LogP contribution in [-0.2, 0) is 9.53 Å². The lowest BCUT2D eigenvalue weighted by molar-refractivity contribution is -0.156. The molecule has 13 heavy (non-hydrogen) atoms. The van der Waals surface area contributed by atoms with Gasteiger partial charge in [0.25, 0.3) is 0 Å². The molecule has 2 aliphatic rings. The Bertz CT molecular complexity index is 239. The van der Waals surface area contributed by atoms with Gasteiger partial charge in [-0.3, -0.25) is 0 Å². The third-order valence-corrected chi connectivity index (χ3v) is 3.94. The second kappa shape index (κ2) is 2.47. The van der Waals surface area contributed by atoms with Crippen LogP contribution in [0.1, 0.15) is 32.6 Å². The number of methoxy groups -OCH3 is 1. The van der Waals surface area contributed by atoms with Crippen LogP contribution in [-0.4, -0.2) is 24.3 Å². The fourth-order valence-corrected chi connectivity index (χ4v) is 2.36. The standard InChI is InChI=1S/C10H16O3/c1-9(3-4-9)10(5-6-10)7(11)8(12)13-2/h7,11H,3-6H2,1-2H3. The van der Waals surface area contributed by atoms with E-state index in [0.29, 0.717) is 0 Å². The molecule has 0 radical (unpaired) electrons. The van der Waals surface area contributed by atoms with Gasteiger partial charge in [-0.1, -0.05) is 6.92 Å². The lowest BCUT2D eigenvalue weighted by Crippen LogP contribution is -2.37. The van der Waals surface area contributed by atoms with Crippen LogP contribution in [0, 0.1) is 10.8 Å². The highest BCUT2D eigenvalue weighted by atomic mass is 16.5.